The van der Waals surface area contributed by atoms with E-state index in [0.717, 1.165) is 31.2 Å². The minimum atomic E-state index is -0.654. The van der Waals surface area contributed by atoms with E-state index in [4.69, 9.17) is 4.74 Å². The summed E-state index contributed by atoms with van der Waals surface area (Å²) in [4.78, 5) is 25.9. The van der Waals surface area contributed by atoms with Gasteiger partial charge in [-0.3, -0.25) is 9.36 Å². The zero-order valence-corrected chi connectivity index (χ0v) is 14.8. The second-order valence-corrected chi connectivity index (χ2v) is 6.94. The first-order valence-corrected chi connectivity index (χ1v) is 9.06. The molecule has 2 aromatic rings. The second-order valence-electron chi connectivity index (χ2n) is 6.94. The number of nitrogens with one attached hydrogen (secondary N) is 1. The largest absolute Gasteiger partial charge is 0.387 e. The predicted octanol–water partition coefficient (Wildman–Crippen LogP) is 1.33. The van der Waals surface area contributed by atoms with Gasteiger partial charge in [-0.15, -0.1) is 0 Å². The Hall–Kier alpha value is -2.32. The number of nitrogens with zero attached hydrogens (tertiary/aromatic N) is 4. The fourth-order valence-electron chi connectivity index (χ4n) is 3.81. The molecule has 1 amide bonds. The quantitative estimate of drug-likeness (QED) is 0.856. The van der Waals surface area contributed by atoms with E-state index in [1.165, 1.54) is 0 Å². The van der Waals surface area contributed by atoms with Crippen molar-refractivity contribution in [3.05, 3.63) is 35.7 Å². The molecule has 138 valence electrons. The fourth-order valence-corrected chi connectivity index (χ4v) is 3.81. The van der Waals surface area contributed by atoms with Gasteiger partial charge in [-0.2, -0.15) is 0 Å². The molecule has 8 nitrogen and oxygen atoms in total. The zero-order chi connectivity index (χ0) is 18.1. The molecule has 2 aromatic heterocycles. The summed E-state index contributed by atoms with van der Waals surface area (Å²) in [5, 5.41) is 13.3. The molecule has 2 aliphatic rings. The van der Waals surface area contributed by atoms with Gasteiger partial charge in [0.15, 0.2) is 0 Å². The predicted molar refractivity (Wildman–Crippen MR) is 93.0 cm³/mol. The number of fused-ring (bicyclic) bond motifs is 1. The van der Waals surface area contributed by atoms with E-state index >= 15 is 0 Å². The molecule has 26 heavy (non-hydrogen) atoms. The summed E-state index contributed by atoms with van der Waals surface area (Å²) in [6.07, 6.45) is 9.42. The van der Waals surface area contributed by atoms with Crippen LogP contribution in [-0.2, 0) is 11.2 Å². The summed E-state index contributed by atoms with van der Waals surface area (Å²) in [6.45, 7) is 0. The molecule has 1 unspecified atom stereocenters. The number of hydrogen-bond donors (Lipinski definition) is 2. The molecular formula is C18H23N5O3. The third kappa shape index (κ3) is 3.22. The molecular weight excluding hydrogens is 334 g/mol. The maximum Gasteiger partial charge on any atom is 0.270 e. The van der Waals surface area contributed by atoms with Crippen LogP contribution in [0.1, 0.15) is 60.0 Å². The molecule has 2 N–H and O–H groups in total. The normalized spacial score (nSPS) is 25.1. The first-order chi connectivity index (χ1) is 12.7. The van der Waals surface area contributed by atoms with Crippen LogP contribution in [0.3, 0.4) is 0 Å². The van der Waals surface area contributed by atoms with Crippen LogP contribution in [0, 0.1) is 0 Å². The molecule has 1 atom stereocenters. The number of aliphatic hydroxyl groups excluding tert-OH is 1. The molecule has 0 aliphatic heterocycles. The van der Waals surface area contributed by atoms with Gasteiger partial charge in [0.2, 0.25) is 5.95 Å². The van der Waals surface area contributed by atoms with E-state index in [-0.39, 0.29) is 18.1 Å². The fraction of sp³-hybridized carbons (Fsp3) is 0.556. The standard InChI is InChI=1S/C18H23N5O3/c1-26-12-4-2-11(3-5-12)20-17(25)16-13-6-7-14(24)15(13)21-18(22-16)23-9-8-19-10-23/h8-12,14,24H,2-7H2,1H3,(H,20,25). The number of ether oxygens (including phenoxy) is 1. The number of rotatable bonds is 4. The highest BCUT2D eigenvalue weighted by molar-refractivity contribution is 5.94. The number of methoxy groups -OCH3 is 1. The van der Waals surface area contributed by atoms with Gasteiger partial charge in [0.1, 0.15) is 12.0 Å². The van der Waals surface area contributed by atoms with Crippen molar-refractivity contribution < 1.29 is 14.6 Å². The van der Waals surface area contributed by atoms with Crippen LogP contribution in [-0.4, -0.2) is 49.8 Å². The molecule has 0 spiro atoms. The molecule has 1 fully saturated rings. The van der Waals surface area contributed by atoms with E-state index in [1.807, 2.05) is 0 Å². The van der Waals surface area contributed by atoms with Gasteiger partial charge in [-0.25, -0.2) is 15.0 Å². The molecule has 0 bridgehead atoms. The van der Waals surface area contributed by atoms with Crippen LogP contribution in [0.4, 0.5) is 0 Å². The van der Waals surface area contributed by atoms with Crippen LogP contribution in [0.15, 0.2) is 18.7 Å². The van der Waals surface area contributed by atoms with E-state index in [0.29, 0.717) is 30.2 Å². The Kier molecular flexibility index (Phi) is 4.69. The highest BCUT2D eigenvalue weighted by atomic mass is 16.5. The first kappa shape index (κ1) is 17.1. The molecule has 0 aromatic carbocycles. The van der Waals surface area contributed by atoms with Crippen LogP contribution in [0.25, 0.3) is 5.95 Å². The number of carbonyl (C=O) groups excluding carboxylic acids is 1. The zero-order valence-electron chi connectivity index (χ0n) is 14.8. The molecule has 8 heteroatoms. The second kappa shape index (κ2) is 7.13. The van der Waals surface area contributed by atoms with Gasteiger partial charge in [0.05, 0.1) is 17.9 Å². The highest BCUT2D eigenvalue weighted by Gasteiger charge is 2.31. The van der Waals surface area contributed by atoms with Crippen molar-refractivity contribution in [3.8, 4) is 5.95 Å². The Morgan fingerprint density at radius 2 is 2.08 bits per heavy atom. The van der Waals surface area contributed by atoms with Crippen molar-refractivity contribution in [3.63, 3.8) is 0 Å². The highest BCUT2D eigenvalue weighted by Crippen LogP contribution is 2.32. The van der Waals surface area contributed by atoms with Crippen molar-refractivity contribution in [2.24, 2.45) is 0 Å². The van der Waals surface area contributed by atoms with Gasteiger partial charge < -0.3 is 15.2 Å². The minimum Gasteiger partial charge on any atom is -0.387 e. The Labute approximate surface area is 151 Å². The Morgan fingerprint density at radius 1 is 1.27 bits per heavy atom. The van der Waals surface area contributed by atoms with Gasteiger partial charge in [0, 0.05) is 31.1 Å². The van der Waals surface area contributed by atoms with Crippen LogP contribution < -0.4 is 5.32 Å². The van der Waals surface area contributed by atoms with Crippen molar-refractivity contribution in [1.29, 1.82) is 0 Å². The Balaban J connectivity index is 1.59. The van der Waals surface area contributed by atoms with Gasteiger partial charge in [-0.05, 0) is 38.5 Å². The number of amides is 1. The van der Waals surface area contributed by atoms with E-state index in [9.17, 15) is 9.90 Å². The average molecular weight is 357 g/mol. The van der Waals surface area contributed by atoms with Crippen LogP contribution in [0.2, 0.25) is 0 Å². The molecule has 1 saturated carbocycles. The Bertz CT molecular complexity index is 784. The van der Waals surface area contributed by atoms with Crippen molar-refractivity contribution >= 4 is 5.91 Å². The lowest BCUT2D eigenvalue weighted by atomic mass is 9.93. The smallest absolute Gasteiger partial charge is 0.270 e. The minimum absolute atomic E-state index is 0.127. The van der Waals surface area contributed by atoms with Crippen molar-refractivity contribution in [2.45, 2.75) is 56.8 Å². The van der Waals surface area contributed by atoms with Gasteiger partial charge in [0.25, 0.3) is 5.91 Å². The average Bonchev–Trinajstić information content (AvgIpc) is 3.32. The molecule has 4 rings (SSSR count). The monoisotopic (exact) mass is 357 g/mol. The molecule has 2 aliphatic carbocycles. The number of carbonyl (C=O) groups is 1. The first-order valence-electron chi connectivity index (χ1n) is 9.06. The number of hydrogen-bond acceptors (Lipinski definition) is 6. The van der Waals surface area contributed by atoms with Crippen LogP contribution >= 0.6 is 0 Å². The van der Waals surface area contributed by atoms with Gasteiger partial charge >= 0.3 is 0 Å². The summed E-state index contributed by atoms with van der Waals surface area (Å²) < 4.78 is 7.03. The van der Waals surface area contributed by atoms with Crippen molar-refractivity contribution in [1.82, 2.24) is 24.8 Å². The number of aliphatic hydroxyl groups is 1. The lowest BCUT2D eigenvalue weighted by Gasteiger charge is -2.28. The SMILES string of the molecule is COC1CCC(NC(=O)c2nc(-n3ccnc3)nc3c2CCC3O)CC1. The Morgan fingerprint density at radius 3 is 2.77 bits per heavy atom. The summed E-state index contributed by atoms with van der Waals surface area (Å²) in [5.74, 6) is 0.162. The summed E-state index contributed by atoms with van der Waals surface area (Å²) in [6, 6.07) is 0.127. The summed E-state index contributed by atoms with van der Waals surface area (Å²) in [5.41, 5.74) is 1.67. The van der Waals surface area contributed by atoms with E-state index in [2.05, 4.69) is 20.3 Å². The summed E-state index contributed by atoms with van der Waals surface area (Å²) >= 11 is 0. The lowest BCUT2D eigenvalue weighted by molar-refractivity contribution is 0.0598. The summed E-state index contributed by atoms with van der Waals surface area (Å²) in [7, 11) is 1.73. The maximum atomic E-state index is 12.9. The lowest BCUT2D eigenvalue weighted by Crippen LogP contribution is -2.39. The van der Waals surface area contributed by atoms with Gasteiger partial charge in [-0.1, -0.05) is 0 Å². The van der Waals surface area contributed by atoms with Crippen LogP contribution in [0.5, 0.6) is 0 Å². The number of imidazole rings is 1. The van der Waals surface area contributed by atoms with Crippen molar-refractivity contribution in [2.75, 3.05) is 7.11 Å². The topological polar surface area (TPSA) is 102 Å². The third-order valence-electron chi connectivity index (χ3n) is 5.30. The van der Waals surface area contributed by atoms with E-state index < -0.39 is 6.10 Å². The third-order valence-corrected chi connectivity index (χ3v) is 5.30. The molecule has 0 saturated heterocycles. The number of aromatic nitrogens is 4. The van der Waals surface area contributed by atoms with E-state index in [1.54, 1.807) is 30.4 Å². The molecule has 0 radical (unpaired) electrons. The molecule has 2 heterocycles. The maximum absolute atomic E-state index is 12.9.